The number of hydrogen-bond donors (Lipinski definition) is 2. The Hall–Kier alpha value is -2.48. The number of nitrogens with two attached hydrogens (primary N) is 1. The molecule has 138 valence electrons. The molecule has 0 fully saturated rings. The van der Waals surface area contributed by atoms with Gasteiger partial charge in [-0.05, 0) is 32.4 Å². The largest absolute Gasteiger partial charge is 0.490 e. The molecule has 3 amide bonds. The van der Waals surface area contributed by atoms with Crippen LogP contribution in [0, 0.1) is 0 Å². The molecule has 9 heteroatoms. The highest BCUT2D eigenvalue weighted by Crippen LogP contribution is 2.37. The van der Waals surface area contributed by atoms with Crippen LogP contribution in [-0.4, -0.2) is 37.2 Å². The van der Waals surface area contributed by atoms with Crippen molar-refractivity contribution in [1.82, 2.24) is 5.32 Å². The van der Waals surface area contributed by atoms with Crippen molar-refractivity contribution in [3.05, 3.63) is 22.7 Å². The maximum Gasteiger partial charge on any atom is 0.339 e. The average Bonchev–Trinajstić information content (AvgIpc) is 2.53. The lowest BCUT2D eigenvalue weighted by molar-refractivity contribution is -0.127. The number of esters is 1. The lowest BCUT2D eigenvalue weighted by Gasteiger charge is -2.16. The molecule has 0 saturated carbocycles. The number of carbonyl (C=O) groups excluding carboxylic acids is 3. The number of rotatable bonds is 8. The SMILES string of the molecule is CCCOc1c(Cl)cc(C(=O)O[C@@H](C)C(=O)NC(N)=O)cc1OCC. The molecular formula is C16H21ClN2O6. The molecule has 3 N–H and O–H groups in total. The maximum absolute atomic E-state index is 12.2. The van der Waals surface area contributed by atoms with Crippen molar-refractivity contribution in [3.8, 4) is 11.5 Å². The summed E-state index contributed by atoms with van der Waals surface area (Å²) in [6.45, 7) is 5.81. The molecule has 0 aliphatic heterocycles. The third kappa shape index (κ3) is 6.15. The van der Waals surface area contributed by atoms with Crippen molar-refractivity contribution >= 4 is 29.5 Å². The van der Waals surface area contributed by atoms with Gasteiger partial charge in [-0.1, -0.05) is 18.5 Å². The summed E-state index contributed by atoms with van der Waals surface area (Å²) in [6.07, 6.45) is -0.441. The highest BCUT2D eigenvalue weighted by atomic mass is 35.5. The van der Waals surface area contributed by atoms with Crippen molar-refractivity contribution in [1.29, 1.82) is 0 Å². The van der Waals surface area contributed by atoms with E-state index in [0.717, 1.165) is 6.42 Å². The van der Waals surface area contributed by atoms with Crippen LogP contribution in [0.15, 0.2) is 12.1 Å². The summed E-state index contributed by atoms with van der Waals surface area (Å²) >= 11 is 6.16. The second-order valence-corrected chi connectivity index (χ2v) is 5.38. The molecule has 0 aliphatic carbocycles. The Morgan fingerprint density at radius 1 is 1.24 bits per heavy atom. The summed E-state index contributed by atoms with van der Waals surface area (Å²) < 4.78 is 16.0. The standard InChI is InChI=1S/C16H21ClN2O6/c1-4-6-24-13-11(17)7-10(8-12(13)23-5-2)15(21)25-9(3)14(20)19-16(18)22/h7-9H,4-6H2,1-3H3,(H3,18,19,20,22)/t9-/m0/s1. The molecule has 1 rings (SSSR count). The van der Waals surface area contributed by atoms with Gasteiger partial charge in [-0.25, -0.2) is 9.59 Å². The number of amides is 3. The Morgan fingerprint density at radius 3 is 2.48 bits per heavy atom. The molecular weight excluding hydrogens is 352 g/mol. The average molecular weight is 373 g/mol. The van der Waals surface area contributed by atoms with Crippen LogP contribution in [0.5, 0.6) is 11.5 Å². The van der Waals surface area contributed by atoms with Crippen LogP contribution in [0.2, 0.25) is 5.02 Å². The van der Waals surface area contributed by atoms with Gasteiger partial charge in [-0.15, -0.1) is 0 Å². The van der Waals surface area contributed by atoms with Crippen LogP contribution in [0.4, 0.5) is 4.79 Å². The van der Waals surface area contributed by atoms with E-state index in [1.807, 2.05) is 12.2 Å². The molecule has 1 atom stereocenters. The third-order valence-corrected chi connectivity index (χ3v) is 3.18. The zero-order chi connectivity index (χ0) is 19.0. The molecule has 0 aliphatic rings. The minimum atomic E-state index is -1.22. The van der Waals surface area contributed by atoms with Crippen LogP contribution in [-0.2, 0) is 9.53 Å². The summed E-state index contributed by atoms with van der Waals surface area (Å²) in [5.74, 6) is -1.01. The molecule has 8 nitrogen and oxygen atoms in total. The Kier molecular flexibility index (Phi) is 8.00. The van der Waals surface area contributed by atoms with E-state index in [1.165, 1.54) is 19.1 Å². The lowest BCUT2D eigenvalue weighted by Crippen LogP contribution is -2.42. The van der Waals surface area contributed by atoms with Gasteiger partial charge in [0.1, 0.15) is 0 Å². The van der Waals surface area contributed by atoms with Gasteiger partial charge in [-0.3, -0.25) is 10.1 Å². The number of imide groups is 1. The first-order valence-electron chi connectivity index (χ1n) is 7.70. The predicted molar refractivity (Wildman–Crippen MR) is 91.0 cm³/mol. The fraction of sp³-hybridized carbons (Fsp3) is 0.438. The lowest BCUT2D eigenvalue weighted by atomic mass is 10.2. The van der Waals surface area contributed by atoms with Gasteiger partial charge in [-0.2, -0.15) is 0 Å². The highest BCUT2D eigenvalue weighted by molar-refractivity contribution is 6.32. The van der Waals surface area contributed by atoms with Crippen LogP contribution >= 0.6 is 11.6 Å². The molecule has 0 bridgehead atoms. The number of urea groups is 1. The van der Waals surface area contributed by atoms with Gasteiger partial charge < -0.3 is 19.9 Å². The number of ether oxygens (including phenoxy) is 3. The molecule has 0 radical (unpaired) electrons. The van der Waals surface area contributed by atoms with Crippen molar-refractivity contribution in [2.24, 2.45) is 5.73 Å². The van der Waals surface area contributed by atoms with Gasteiger partial charge in [0.2, 0.25) is 0 Å². The topological polar surface area (TPSA) is 117 Å². The van der Waals surface area contributed by atoms with Crippen LogP contribution < -0.4 is 20.5 Å². The Balaban J connectivity index is 2.98. The van der Waals surface area contributed by atoms with Gasteiger partial charge in [0, 0.05) is 0 Å². The minimum Gasteiger partial charge on any atom is -0.490 e. The smallest absolute Gasteiger partial charge is 0.339 e. The zero-order valence-electron chi connectivity index (χ0n) is 14.3. The molecule has 1 aromatic carbocycles. The summed E-state index contributed by atoms with van der Waals surface area (Å²) in [6, 6.07) is 1.74. The normalized spacial score (nSPS) is 11.4. The third-order valence-electron chi connectivity index (χ3n) is 2.90. The number of hydrogen-bond acceptors (Lipinski definition) is 6. The first-order chi connectivity index (χ1) is 11.8. The van der Waals surface area contributed by atoms with Crippen LogP contribution in [0.3, 0.4) is 0 Å². The highest BCUT2D eigenvalue weighted by Gasteiger charge is 2.22. The van der Waals surface area contributed by atoms with Crippen molar-refractivity contribution in [2.75, 3.05) is 13.2 Å². The monoisotopic (exact) mass is 372 g/mol. The molecule has 0 aromatic heterocycles. The Morgan fingerprint density at radius 2 is 1.92 bits per heavy atom. The number of nitrogens with one attached hydrogen (secondary N) is 1. The minimum absolute atomic E-state index is 0.0797. The van der Waals surface area contributed by atoms with Crippen LogP contribution in [0.1, 0.15) is 37.6 Å². The van der Waals surface area contributed by atoms with Crippen molar-refractivity contribution in [3.63, 3.8) is 0 Å². The number of primary amides is 1. The molecule has 0 unspecified atom stereocenters. The van der Waals surface area contributed by atoms with E-state index in [2.05, 4.69) is 0 Å². The van der Waals surface area contributed by atoms with E-state index in [9.17, 15) is 14.4 Å². The number of carbonyl (C=O) groups is 3. The van der Waals surface area contributed by atoms with E-state index in [4.69, 9.17) is 31.5 Å². The molecule has 0 spiro atoms. The maximum atomic E-state index is 12.2. The summed E-state index contributed by atoms with van der Waals surface area (Å²) in [4.78, 5) is 34.4. The first-order valence-corrected chi connectivity index (χ1v) is 8.08. The van der Waals surface area contributed by atoms with Gasteiger partial charge >= 0.3 is 12.0 Å². The van der Waals surface area contributed by atoms with Crippen LogP contribution in [0.25, 0.3) is 0 Å². The summed E-state index contributed by atoms with van der Waals surface area (Å²) in [5.41, 5.74) is 4.92. The summed E-state index contributed by atoms with van der Waals surface area (Å²) in [7, 11) is 0. The second kappa shape index (κ2) is 9.73. The second-order valence-electron chi connectivity index (χ2n) is 4.97. The molecule has 0 saturated heterocycles. The first kappa shape index (κ1) is 20.6. The summed E-state index contributed by atoms with van der Waals surface area (Å²) in [5, 5.41) is 2.01. The van der Waals surface area contributed by atoms with Crippen molar-refractivity contribution in [2.45, 2.75) is 33.3 Å². The quantitative estimate of drug-likeness (QED) is 0.676. The number of benzene rings is 1. The Labute approximate surface area is 150 Å². The fourth-order valence-corrected chi connectivity index (χ4v) is 2.06. The van der Waals surface area contributed by atoms with Gasteiger partial charge in [0.25, 0.3) is 5.91 Å². The fourth-order valence-electron chi connectivity index (χ4n) is 1.80. The predicted octanol–water partition coefficient (Wildman–Crippen LogP) is 2.27. The van der Waals surface area contributed by atoms with E-state index in [0.29, 0.717) is 24.7 Å². The molecule has 0 heterocycles. The molecule has 1 aromatic rings. The van der Waals surface area contributed by atoms with Gasteiger partial charge in [0.05, 0.1) is 23.8 Å². The van der Waals surface area contributed by atoms with E-state index in [-0.39, 0.29) is 10.6 Å². The van der Waals surface area contributed by atoms with E-state index >= 15 is 0 Å². The number of halogens is 1. The molecule has 25 heavy (non-hydrogen) atoms. The van der Waals surface area contributed by atoms with E-state index < -0.39 is 24.0 Å². The Bertz CT molecular complexity index is 650. The zero-order valence-corrected chi connectivity index (χ0v) is 15.0. The van der Waals surface area contributed by atoms with Gasteiger partial charge in [0.15, 0.2) is 17.6 Å². The van der Waals surface area contributed by atoms with E-state index in [1.54, 1.807) is 6.92 Å². The van der Waals surface area contributed by atoms with Crippen molar-refractivity contribution < 1.29 is 28.6 Å².